The summed E-state index contributed by atoms with van der Waals surface area (Å²) < 4.78 is 10.5. The molecule has 2 aromatic carbocycles. The molecule has 0 saturated carbocycles. The fraction of sp³-hybridized carbons (Fsp3) is 0.273. The molecule has 0 bridgehead atoms. The SMILES string of the molecule is CCOc1ccc([C@@H](NC(=O)CCc2c(C)noc2Cl)c2ccccc2)cc1. The maximum Gasteiger partial charge on any atom is 0.229 e. The lowest BCUT2D eigenvalue weighted by atomic mass is 9.98. The van der Waals surface area contributed by atoms with E-state index in [0.29, 0.717) is 25.1 Å². The van der Waals surface area contributed by atoms with Crippen LogP contribution in [0.4, 0.5) is 0 Å². The van der Waals surface area contributed by atoms with E-state index < -0.39 is 0 Å². The summed E-state index contributed by atoms with van der Waals surface area (Å²) in [7, 11) is 0. The van der Waals surface area contributed by atoms with Crippen molar-refractivity contribution in [3.8, 4) is 5.75 Å². The molecule has 146 valence electrons. The molecule has 0 radical (unpaired) electrons. The Bertz CT molecular complexity index is 888. The van der Waals surface area contributed by atoms with Crippen LogP contribution in [0.15, 0.2) is 59.1 Å². The van der Waals surface area contributed by atoms with Crippen molar-refractivity contribution in [2.24, 2.45) is 0 Å². The Morgan fingerprint density at radius 1 is 1.14 bits per heavy atom. The summed E-state index contributed by atoms with van der Waals surface area (Å²) in [4.78, 5) is 12.7. The molecular weight excluding hydrogens is 376 g/mol. The molecule has 6 heteroatoms. The summed E-state index contributed by atoms with van der Waals surface area (Å²) in [5.41, 5.74) is 3.49. The highest BCUT2D eigenvalue weighted by molar-refractivity contribution is 6.29. The number of hydrogen-bond donors (Lipinski definition) is 1. The van der Waals surface area contributed by atoms with Gasteiger partial charge in [0.15, 0.2) is 0 Å². The second kappa shape index (κ2) is 9.42. The number of nitrogens with one attached hydrogen (secondary N) is 1. The number of ether oxygens (including phenoxy) is 1. The standard InChI is InChI=1S/C22H23ClN2O3/c1-3-27-18-11-9-17(10-12-18)21(16-7-5-4-6-8-16)24-20(26)14-13-19-15(2)25-28-22(19)23/h4-12,21H,3,13-14H2,1-2H3,(H,24,26)/t21-/m0/s1. The average molecular weight is 399 g/mol. The predicted octanol–water partition coefficient (Wildman–Crippen LogP) is 4.87. The van der Waals surface area contributed by atoms with E-state index in [-0.39, 0.29) is 17.2 Å². The Hall–Kier alpha value is -2.79. The van der Waals surface area contributed by atoms with Gasteiger partial charge in [-0.25, -0.2) is 0 Å². The van der Waals surface area contributed by atoms with Crippen LogP contribution in [-0.4, -0.2) is 17.7 Å². The molecule has 1 heterocycles. The van der Waals surface area contributed by atoms with Gasteiger partial charge in [-0.3, -0.25) is 4.79 Å². The lowest BCUT2D eigenvalue weighted by Gasteiger charge is -2.20. The third kappa shape index (κ3) is 4.93. The maximum absolute atomic E-state index is 12.7. The van der Waals surface area contributed by atoms with Crippen molar-refractivity contribution in [3.05, 3.63) is 82.2 Å². The van der Waals surface area contributed by atoms with Crippen molar-refractivity contribution in [3.63, 3.8) is 0 Å². The molecule has 5 nitrogen and oxygen atoms in total. The molecule has 28 heavy (non-hydrogen) atoms. The number of carbonyl (C=O) groups is 1. The quantitative estimate of drug-likeness (QED) is 0.587. The summed E-state index contributed by atoms with van der Waals surface area (Å²) in [6.07, 6.45) is 0.771. The molecule has 0 spiro atoms. The minimum absolute atomic E-state index is 0.0700. The minimum atomic E-state index is -0.247. The molecule has 3 aromatic rings. The van der Waals surface area contributed by atoms with E-state index >= 15 is 0 Å². The summed E-state index contributed by atoms with van der Waals surface area (Å²) in [6, 6.07) is 17.4. The van der Waals surface area contributed by atoms with Gasteiger partial charge >= 0.3 is 0 Å². The van der Waals surface area contributed by atoms with Gasteiger partial charge in [0, 0.05) is 12.0 Å². The van der Waals surface area contributed by atoms with Gasteiger partial charge in [0.25, 0.3) is 0 Å². The summed E-state index contributed by atoms with van der Waals surface area (Å²) in [5, 5.41) is 7.20. The fourth-order valence-electron chi connectivity index (χ4n) is 3.04. The monoisotopic (exact) mass is 398 g/mol. The number of benzene rings is 2. The number of halogens is 1. The number of amides is 1. The zero-order chi connectivity index (χ0) is 19.9. The summed E-state index contributed by atoms with van der Waals surface area (Å²) in [6.45, 7) is 4.38. The molecule has 0 saturated heterocycles. The molecule has 1 amide bonds. The second-order valence-electron chi connectivity index (χ2n) is 6.43. The molecule has 0 unspecified atom stereocenters. The number of aryl methyl sites for hydroxylation is 1. The van der Waals surface area contributed by atoms with Crippen LogP contribution in [0.5, 0.6) is 5.75 Å². The Labute approximate surface area is 169 Å². The first kappa shape index (κ1) is 20.0. The van der Waals surface area contributed by atoms with Crippen LogP contribution in [0.3, 0.4) is 0 Å². The lowest BCUT2D eigenvalue weighted by Crippen LogP contribution is -2.29. The molecular formula is C22H23ClN2O3. The number of rotatable bonds is 8. The van der Waals surface area contributed by atoms with E-state index in [1.165, 1.54) is 0 Å². The van der Waals surface area contributed by atoms with Gasteiger partial charge in [-0.05, 0) is 55.1 Å². The normalized spacial score (nSPS) is 11.8. The lowest BCUT2D eigenvalue weighted by molar-refractivity contribution is -0.121. The third-order valence-electron chi connectivity index (χ3n) is 4.50. The van der Waals surface area contributed by atoms with E-state index in [1.807, 2.05) is 68.4 Å². The summed E-state index contributed by atoms with van der Waals surface area (Å²) >= 11 is 5.99. The number of nitrogens with zero attached hydrogens (tertiary/aromatic N) is 1. The molecule has 1 N–H and O–H groups in total. The Morgan fingerprint density at radius 2 is 1.82 bits per heavy atom. The zero-order valence-electron chi connectivity index (χ0n) is 15.9. The van der Waals surface area contributed by atoms with Crippen molar-refractivity contribution >= 4 is 17.5 Å². The van der Waals surface area contributed by atoms with Gasteiger partial charge in [0.1, 0.15) is 5.75 Å². The van der Waals surface area contributed by atoms with E-state index in [9.17, 15) is 4.79 Å². The van der Waals surface area contributed by atoms with Crippen molar-refractivity contribution in [2.75, 3.05) is 6.61 Å². The van der Waals surface area contributed by atoms with E-state index in [4.69, 9.17) is 20.9 Å². The van der Waals surface area contributed by atoms with Crippen molar-refractivity contribution < 1.29 is 14.1 Å². The Morgan fingerprint density at radius 3 is 2.43 bits per heavy atom. The molecule has 0 fully saturated rings. The first-order valence-corrected chi connectivity index (χ1v) is 9.64. The van der Waals surface area contributed by atoms with Gasteiger partial charge in [0.2, 0.25) is 11.1 Å². The molecule has 1 aromatic heterocycles. The number of hydrogen-bond acceptors (Lipinski definition) is 4. The summed E-state index contributed by atoms with van der Waals surface area (Å²) in [5.74, 6) is 0.737. The smallest absolute Gasteiger partial charge is 0.229 e. The van der Waals surface area contributed by atoms with E-state index in [0.717, 1.165) is 22.4 Å². The highest BCUT2D eigenvalue weighted by Crippen LogP contribution is 2.25. The molecule has 1 atom stereocenters. The first-order chi connectivity index (χ1) is 13.6. The van der Waals surface area contributed by atoms with Gasteiger partial charge in [-0.15, -0.1) is 0 Å². The molecule has 0 aliphatic heterocycles. The maximum atomic E-state index is 12.7. The van der Waals surface area contributed by atoms with Gasteiger partial charge < -0.3 is 14.6 Å². The predicted molar refractivity (Wildman–Crippen MR) is 109 cm³/mol. The fourth-order valence-corrected chi connectivity index (χ4v) is 3.31. The van der Waals surface area contributed by atoms with Gasteiger partial charge in [-0.1, -0.05) is 47.6 Å². The van der Waals surface area contributed by atoms with Gasteiger partial charge in [-0.2, -0.15) is 0 Å². The number of carbonyl (C=O) groups excluding carboxylic acids is 1. The van der Waals surface area contributed by atoms with E-state index in [2.05, 4.69) is 10.5 Å². The third-order valence-corrected chi connectivity index (χ3v) is 4.80. The second-order valence-corrected chi connectivity index (χ2v) is 6.78. The zero-order valence-corrected chi connectivity index (χ0v) is 16.7. The van der Waals surface area contributed by atoms with Crippen LogP contribution in [0.1, 0.15) is 41.8 Å². The Kier molecular flexibility index (Phi) is 6.71. The largest absolute Gasteiger partial charge is 0.494 e. The topological polar surface area (TPSA) is 64.4 Å². The molecule has 3 rings (SSSR count). The van der Waals surface area contributed by atoms with Crippen LogP contribution >= 0.6 is 11.6 Å². The van der Waals surface area contributed by atoms with Gasteiger partial charge in [0.05, 0.1) is 18.3 Å². The average Bonchev–Trinajstić information content (AvgIpc) is 3.04. The molecule has 0 aliphatic rings. The van der Waals surface area contributed by atoms with Crippen LogP contribution < -0.4 is 10.1 Å². The highest BCUT2D eigenvalue weighted by Gasteiger charge is 2.18. The molecule has 0 aliphatic carbocycles. The minimum Gasteiger partial charge on any atom is -0.494 e. The van der Waals surface area contributed by atoms with Crippen LogP contribution in [0.25, 0.3) is 0 Å². The highest BCUT2D eigenvalue weighted by atomic mass is 35.5. The van der Waals surface area contributed by atoms with Crippen molar-refractivity contribution in [1.29, 1.82) is 0 Å². The number of aromatic nitrogens is 1. The van der Waals surface area contributed by atoms with E-state index in [1.54, 1.807) is 0 Å². The van der Waals surface area contributed by atoms with Crippen molar-refractivity contribution in [2.45, 2.75) is 32.7 Å². The van der Waals surface area contributed by atoms with Crippen molar-refractivity contribution in [1.82, 2.24) is 10.5 Å². The van der Waals surface area contributed by atoms with Crippen LogP contribution in [-0.2, 0) is 11.2 Å². The van der Waals surface area contributed by atoms with Crippen LogP contribution in [0.2, 0.25) is 5.22 Å². The first-order valence-electron chi connectivity index (χ1n) is 9.26. The Balaban J connectivity index is 1.75. The van der Waals surface area contributed by atoms with Crippen LogP contribution in [0, 0.1) is 6.92 Å².